The van der Waals surface area contributed by atoms with E-state index in [1.165, 1.54) is 0 Å². The lowest BCUT2D eigenvalue weighted by molar-refractivity contribution is -0.124. The van der Waals surface area contributed by atoms with Gasteiger partial charge in [-0.25, -0.2) is 0 Å². The van der Waals surface area contributed by atoms with E-state index in [4.69, 9.17) is 10.8 Å². The summed E-state index contributed by atoms with van der Waals surface area (Å²) >= 11 is 0. The number of aliphatic hydroxyl groups is 1. The Morgan fingerprint density at radius 1 is 1.50 bits per heavy atom. The fourth-order valence-electron chi connectivity index (χ4n) is 0.907. The van der Waals surface area contributed by atoms with Gasteiger partial charge in [0.05, 0.1) is 12.1 Å². The van der Waals surface area contributed by atoms with Crippen LogP contribution < -0.4 is 11.1 Å². The molecule has 0 radical (unpaired) electrons. The Morgan fingerprint density at radius 3 is 2.36 bits per heavy atom. The molecule has 2 unspecified atom stereocenters. The topological polar surface area (TPSA) is 75.3 Å². The van der Waals surface area contributed by atoms with Gasteiger partial charge in [-0.3, -0.25) is 4.79 Å². The lowest BCUT2D eigenvalue weighted by Crippen LogP contribution is -2.48. The van der Waals surface area contributed by atoms with Crippen molar-refractivity contribution in [1.82, 2.24) is 5.32 Å². The largest absolute Gasteiger partial charge is 0.393 e. The number of hydrogen-bond acceptors (Lipinski definition) is 3. The molecule has 0 heterocycles. The normalized spacial score (nSPS) is 16.1. The highest BCUT2D eigenvalue weighted by Crippen LogP contribution is 2.16. The quantitative estimate of drug-likeness (QED) is 0.611. The number of carbonyl (C=O) groups excluding carboxylic acids is 1. The number of amides is 1. The molecular weight excluding hydrogens is 180 g/mol. The van der Waals surface area contributed by atoms with Crippen molar-refractivity contribution in [3.8, 4) is 0 Å². The molecule has 2 atom stereocenters. The first-order chi connectivity index (χ1) is 6.25. The molecule has 0 rings (SSSR count). The van der Waals surface area contributed by atoms with Crippen LogP contribution in [-0.4, -0.2) is 29.7 Å². The first kappa shape index (κ1) is 13.4. The van der Waals surface area contributed by atoms with E-state index in [0.717, 1.165) is 0 Å². The van der Waals surface area contributed by atoms with Crippen LogP contribution in [0.15, 0.2) is 0 Å². The van der Waals surface area contributed by atoms with E-state index in [1.54, 1.807) is 6.92 Å². The zero-order chi connectivity index (χ0) is 11.4. The highest BCUT2D eigenvalue weighted by Gasteiger charge is 2.26. The third-order valence-electron chi connectivity index (χ3n) is 2.08. The van der Waals surface area contributed by atoms with Crippen LogP contribution in [0.1, 0.15) is 34.1 Å². The first-order valence-electron chi connectivity index (χ1n) is 4.96. The van der Waals surface area contributed by atoms with E-state index in [0.29, 0.717) is 13.0 Å². The van der Waals surface area contributed by atoms with Crippen molar-refractivity contribution in [2.45, 2.75) is 46.3 Å². The van der Waals surface area contributed by atoms with Crippen molar-refractivity contribution in [3.05, 3.63) is 0 Å². The van der Waals surface area contributed by atoms with Crippen LogP contribution in [0.25, 0.3) is 0 Å². The molecule has 0 aliphatic carbocycles. The Bertz CT molecular complexity index is 185. The Kier molecular flexibility index (Phi) is 5.08. The Balaban J connectivity index is 3.86. The maximum atomic E-state index is 11.5. The first-order valence-corrected chi connectivity index (χ1v) is 4.96. The maximum absolute atomic E-state index is 11.5. The van der Waals surface area contributed by atoms with E-state index in [2.05, 4.69) is 5.32 Å². The number of rotatable bonds is 4. The molecule has 4 heteroatoms. The molecule has 1 amide bonds. The van der Waals surface area contributed by atoms with Gasteiger partial charge >= 0.3 is 0 Å². The Labute approximate surface area is 85.9 Å². The molecule has 0 aromatic heterocycles. The minimum atomic E-state index is -0.503. The van der Waals surface area contributed by atoms with Crippen LogP contribution in [0.4, 0.5) is 0 Å². The summed E-state index contributed by atoms with van der Waals surface area (Å²) in [7, 11) is 0. The SMILES string of the molecule is CC(O)CCNC(=O)C(N)C(C)(C)C. The van der Waals surface area contributed by atoms with Crippen molar-refractivity contribution in [3.63, 3.8) is 0 Å². The second-order valence-electron chi connectivity index (χ2n) is 4.77. The number of carbonyl (C=O) groups is 1. The summed E-state index contributed by atoms with van der Waals surface area (Å²) in [5, 5.41) is 11.7. The van der Waals surface area contributed by atoms with Crippen molar-refractivity contribution in [1.29, 1.82) is 0 Å². The van der Waals surface area contributed by atoms with E-state index in [-0.39, 0.29) is 17.4 Å². The maximum Gasteiger partial charge on any atom is 0.237 e. The Hall–Kier alpha value is -0.610. The minimum Gasteiger partial charge on any atom is -0.393 e. The number of nitrogens with two attached hydrogens (primary N) is 1. The van der Waals surface area contributed by atoms with Gasteiger partial charge in [0.25, 0.3) is 0 Å². The van der Waals surface area contributed by atoms with E-state index in [9.17, 15) is 4.79 Å². The lowest BCUT2D eigenvalue weighted by atomic mass is 9.87. The molecule has 4 nitrogen and oxygen atoms in total. The van der Waals surface area contributed by atoms with Crippen LogP contribution in [0.5, 0.6) is 0 Å². The summed E-state index contributed by atoms with van der Waals surface area (Å²) in [6, 6.07) is -0.503. The molecule has 0 saturated carbocycles. The number of nitrogens with one attached hydrogen (secondary N) is 1. The van der Waals surface area contributed by atoms with Crippen molar-refractivity contribution in [2.24, 2.45) is 11.1 Å². The standard InChI is InChI=1S/C10H22N2O2/c1-7(13)5-6-12-9(14)8(11)10(2,3)4/h7-8,13H,5-6,11H2,1-4H3,(H,12,14). The molecule has 0 saturated heterocycles. The number of hydrogen-bond donors (Lipinski definition) is 3. The predicted molar refractivity (Wildman–Crippen MR) is 56.7 cm³/mol. The summed E-state index contributed by atoms with van der Waals surface area (Å²) in [5.41, 5.74) is 5.51. The van der Waals surface area contributed by atoms with Crippen molar-refractivity contribution < 1.29 is 9.90 Å². The monoisotopic (exact) mass is 202 g/mol. The van der Waals surface area contributed by atoms with Crippen molar-refractivity contribution >= 4 is 5.91 Å². The fraction of sp³-hybridized carbons (Fsp3) is 0.900. The third-order valence-corrected chi connectivity index (χ3v) is 2.08. The van der Waals surface area contributed by atoms with Gasteiger partial charge in [-0.2, -0.15) is 0 Å². The third kappa shape index (κ3) is 5.19. The highest BCUT2D eigenvalue weighted by atomic mass is 16.3. The second kappa shape index (κ2) is 5.32. The van der Waals surface area contributed by atoms with Gasteiger partial charge < -0.3 is 16.2 Å². The van der Waals surface area contributed by atoms with E-state index >= 15 is 0 Å². The Morgan fingerprint density at radius 2 is 2.00 bits per heavy atom. The van der Waals surface area contributed by atoms with E-state index in [1.807, 2.05) is 20.8 Å². The summed E-state index contributed by atoms with van der Waals surface area (Å²) in [6.07, 6.45) is 0.170. The summed E-state index contributed by atoms with van der Waals surface area (Å²) < 4.78 is 0. The second-order valence-corrected chi connectivity index (χ2v) is 4.77. The van der Waals surface area contributed by atoms with Gasteiger partial charge in [-0.15, -0.1) is 0 Å². The molecule has 14 heavy (non-hydrogen) atoms. The molecular formula is C10H22N2O2. The molecule has 0 spiro atoms. The molecule has 0 aliphatic rings. The van der Waals surface area contributed by atoms with Gasteiger partial charge in [0.2, 0.25) is 5.91 Å². The fourth-order valence-corrected chi connectivity index (χ4v) is 0.907. The molecule has 0 aromatic rings. The molecule has 0 fully saturated rings. The van der Waals surface area contributed by atoms with Crippen LogP contribution in [0.2, 0.25) is 0 Å². The van der Waals surface area contributed by atoms with Crippen LogP contribution in [0, 0.1) is 5.41 Å². The summed E-state index contributed by atoms with van der Waals surface area (Å²) in [5.74, 6) is -0.154. The molecule has 84 valence electrons. The van der Waals surface area contributed by atoms with Gasteiger partial charge in [-0.1, -0.05) is 20.8 Å². The summed E-state index contributed by atoms with van der Waals surface area (Å²) in [6.45, 7) is 7.93. The highest BCUT2D eigenvalue weighted by molar-refractivity contribution is 5.82. The van der Waals surface area contributed by atoms with Gasteiger partial charge in [0.1, 0.15) is 0 Å². The zero-order valence-electron chi connectivity index (χ0n) is 9.50. The van der Waals surface area contributed by atoms with Crippen LogP contribution >= 0.6 is 0 Å². The lowest BCUT2D eigenvalue weighted by Gasteiger charge is -2.25. The zero-order valence-corrected chi connectivity index (χ0v) is 9.50. The van der Waals surface area contributed by atoms with Gasteiger partial charge in [0, 0.05) is 6.54 Å². The number of aliphatic hydroxyl groups excluding tert-OH is 1. The minimum absolute atomic E-state index is 0.154. The van der Waals surface area contributed by atoms with Gasteiger partial charge in [-0.05, 0) is 18.8 Å². The predicted octanol–water partition coefficient (Wildman–Crippen LogP) is 0.247. The van der Waals surface area contributed by atoms with E-state index < -0.39 is 6.04 Å². The average Bonchev–Trinajstić information content (AvgIpc) is 2.00. The van der Waals surface area contributed by atoms with Crippen LogP contribution in [-0.2, 0) is 4.79 Å². The molecule has 0 aliphatic heterocycles. The summed E-state index contributed by atoms with van der Waals surface area (Å²) in [4.78, 5) is 11.5. The molecule has 4 N–H and O–H groups in total. The van der Waals surface area contributed by atoms with Crippen molar-refractivity contribution in [2.75, 3.05) is 6.54 Å². The smallest absolute Gasteiger partial charge is 0.237 e. The molecule has 0 bridgehead atoms. The molecule has 0 aromatic carbocycles. The van der Waals surface area contributed by atoms with Gasteiger partial charge in [0.15, 0.2) is 0 Å². The van der Waals surface area contributed by atoms with Crippen LogP contribution in [0.3, 0.4) is 0 Å². The average molecular weight is 202 g/mol.